The van der Waals surface area contributed by atoms with Gasteiger partial charge in [-0.2, -0.15) is 13.2 Å². The molecule has 0 heterocycles. The van der Waals surface area contributed by atoms with Crippen LogP contribution in [-0.4, -0.2) is 13.6 Å². The molecule has 1 rings (SSSR count). The van der Waals surface area contributed by atoms with Gasteiger partial charge in [0.25, 0.3) is 0 Å². The first-order chi connectivity index (χ1) is 6.30. The third kappa shape index (κ3) is 2.37. The second-order valence-electron chi connectivity index (χ2n) is 2.90. The van der Waals surface area contributed by atoms with Gasteiger partial charge in [0.15, 0.2) is 5.78 Å². The van der Waals surface area contributed by atoms with Gasteiger partial charge in [-0.15, -0.1) is 0 Å². The largest absolute Gasteiger partial charge is 0.416 e. The predicted octanol–water partition coefficient (Wildman–Crippen LogP) is 1.70. The Morgan fingerprint density at radius 2 is 1.86 bits per heavy atom. The van der Waals surface area contributed by atoms with Gasteiger partial charge < -0.3 is 0 Å². The first kappa shape index (κ1) is 10.8. The van der Waals surface area contributed by atoms with Gasteiger partial charge in [-0.3, -0.25) is 4.79 Å². The van der Waals surface area contributed by atoms with Crippen molar-refractivity contribution in [1.82, 2.24) is 0 Å². The number of Topliss-reactive ketones (excluding diaryl/α,β-unsaturated/α-hetero) is 1. The molecule has 1 aromatic carbocycles. The molecule has 1 nitrogen and oxygen atoms in total. The first-order valence-electron chi connectivity index (χ1n) is 3.79. The Morgan fingerprint density at radius 1 is 1.29 bits per heavy atom. The number of hydrogen-bond donors (Lipinski definition) is 0. The van der Waals surface area contributed by atoms with Crippen LogP contribution in [0.4, 0.5) is 13.2 Å². The van der Waals surface area contributed by atoms with Crippen molar-refractivity contribution in [3.8, 4) is 0 Å². The quantitative estimate of drug-likeness (QED) is 0.495. The van der Waals surface area contributed by atoms with Crippen molar-refractivity contribution in [2.24, 2.45) is 0 Å². The molecule has 0 atom stereocenters. The highest BCUT2D eigenvalue weighted by Crippen LogP contribution is 2.28. The summed E-state index contributed by atoms with van der Waals surface area (Å²) >= 11 is 0. The van der Waals surface area contributed by atoms with Crippen LogP contribution in [-0.2, 0) is 6.18 Å². The molecular formula is C9H6BF3O. The topological polar surface area (TPSA) is 17.1 Å². The summed E-state index contributed by atoms with van der Waals surface area (Å²) in [5.74, 6) is -0.442. The smallest absolute Gasteiger partial charge is 0.295 e. The predicted molar refractivity (Wildman–Crippen MR) is 46.8 cm³/mol. The molecule has 0 spiro atoms. The van der Waals surface area contributed by atoms with Crippen LogP contribution in [0.5, 0.6) is 0 Å². The van der Waals surface area contributed by atoms with E-state index in [1.807, 2.05) is 0 Å². The Morgan fingerprint density at radius 3 is 2.29 bits per heavy atom. The van der Waals surface area contributed by atoms with E-state index in [4.69, 9.17) is 7.85 Å². The van der Waals surface area contributed by atoms with Crippen molar-refractivity contribution in [3.63, 3.8) is 0 Å². The van der Waals surface area contributed by atoms with Crippen LogP contribution in [0.3, 0.4) is 0 Å². The van der Waals surface area contributed by atoms with E-state index in [0.29, 0.717) is 0 Å². The van der Waals surface area contributed by atoms with E-state index in [0.717, 1.165) is 12.1 Å². The van der Waals surface area contributed by atoms with Crippen LogP contribution in [0.15, 0.2) is 18.2 Å². The summed E-state index contributed by atoms with van der Waals surface area (Å²) in [6.45, 7) is 1.19. The summed E-state index contributed by atoms with van der Waals surface area (Å²) in [5.41, 5.74) is -0.995. The van der Waals surface area contributed by atoms with E-state index in [2.05, 4.69) is 0 Å². The fourth-order valence-corrected chi connectivity index (χ4v) is 1.02. The van der Waals surface area contributed by atoms with Gasteiger partial charge in [0.1, 0.15) is 7.85 Å². The summed E-state index contributed by atoms with van der Waals surface area (Å²) in [6, 6.07) is 2.81. The second-order valence-corrected chi connectivity index (χ2v) is 2.90. The van der Waals surface area contributed by atoms with E-state index in [1.165, 1.54) is 13.0 Å². The fraction of sp³-hybridized carbons (Fsp3) is 0.222. The van der Waals surface area contributed by atoms with E-state index in [9.17, 15) is 18.0 Å². The zero-order valence-corrected chi connectivity index (χ0v) is 7.35. The van der Waals surface area contributed by atoms with Crippen molar-refractivity contribution in [2.75, 3.05) is 0 Å². The molecule has 1 aromatic rings. The second kappa shape index (κ2) is 3.48. The van der Waals surface area contributed by atoms with Crippen molar-refractivity contribution < 1.29 is 18.0 Å². The molecule has 0 N–H and O–H groups in total. The number of carbonyl (C=O) groups is 1. The lowest BCUT2D eigenvalue weighted by Crippen LogP contribution is -2.14. The lowest BCUT2D eigenvalue weighted by atomic mass is 9.91. The van der Waals surface area contributed by atoms with Gasteiger partial charge in [-0.25, -0.2) is 0 Å². The summed E-state index contributed by atoms with van der Waals surface area (Å²) in [4.78, 5) is 10.9. The Labute approximate surface area is 80.3 Å². The van der Waals surface area contributed by atoms with Crippen LogP contribution in [0, 0.1) is 0 Å². The van der Waals surface area contributed by atoms with E-state index < -0.39 is 17.5 Å². The average molecular weight is 198 g/mol. The number of benzene rings is 1. The molecule has 0 saturated carbocycles. The number of rotatable bonds is 1. The van der Waals surface area contributed by atoms with Crippen LogP contribution in [0.25, 0.3) is 0 Å². The Kier molecular flexibility index (Phi) is 2.69. The molecular weight excluding hydrogens is 192 g/mol. The zero-order chi connectivity index (χ0) is 10.9. The average Bonchev–Trinajstić information content (AvgIpc) is 2.01. The van der Waals surface area contributed by atoms with Crippen molar-refractivity contribution in [3.05, 3.63) is 29.3 Å². The van der Waals surface area contributed by atoms with Gasteiger partial charge in [0.05, 0.1) is 5.56 Å². The van der Waals surface area contributed by atoms with E-state index >= 15 is 0 Å². The maximum atomic E-state index is 12.2. The van der Waals surface area contributed by atoms with Crippen LogP contribution in [0.1, 0.15) is 22.8 Å². The van der Waals surface area contributed by atoms with E-state index in [1.54, 1.807) is 0 Å². The summed E-state index contributed by atoms with van der Waals surface area (Å²) < 4.78 is 36.7. The highest BCUT2D eigenvalue weighted by atomic mass is 19.4. The maximum absolute atomic E-state index is 12.2. The molecule has 0 aromatic heterocycles. The molecule has 0 aliphatic carbocycles. The number of halogens is 3. The van der Waals surface area contributed by atoms with E-state index in [-0.39, 0.29) is 11.0 Å². The lowest BCUT2D eigenvalue weighted by molar-refractivity contribution is -0.137. The molecule has 72 valence electrons. The molecule has 5 heteroatoms. The van der Waals surface area contributed by atoms with Crippen LogP contribution >= 0.6 is 0 Å². The molecule has 0 bridgehead atoms. The zero-order valence-electron chi connectivity index (χ0n) is 7.35. The summed E-state index contributed by atoms with van der Waals surface area (Å²) in [6.07, 6.45) is -4.47. The van der Waals surface area contributed by atoms with Crippen molar-refractivity contribution in [1.29, 1.82) is 0 Å². The SMILES string of the molecule is [B]c1cc(C(C)=O)cc(C(F)(F)F)c1. The third-order valence-electron chi connectivity index (χ3n) is 1.69. The third-order valence-corrected chi connectivity index (χ3v) is 1.69. The Bertz CT molecular complexity index is 371. The normalized spacial score (nSPS) is 11.4. The van der Waals surface area contributed by atoms with Gasteiger partial charge in [0, 0.05) is 5.56 Å². The molecule has 2 radical (unpaired) electrons. The number of hydrogen-bond acceptors (Lipinski definition) is 1. The maximum Gasteiger partial charge on any atom is 0.416 e. The first-order valence-corrected chi connectivity index (χ1v) is 3.79. The Hall–Kier alpha value is -1.26. The van der Waals surface area contributed by atoms with Gasteiger partial charge in [-0.05, 0) is 13.0 Å². The van der Waals surface area contributed by atoms with Crippen molar-refractivity contribution in [2.45, 2.75) is 13.1 Å². The highest BCUT2D eigenvalue weighted by molar-refractivity contribution is 6.32. The number of carbonyl (C=O) groups excluding carboxylic acids is 1. The van der Waals surface area contributed by atoms with Gasteiger partial charge in [-0.1, -0.05) is 17.6 Å². The summed E-state index contributed by atoms with van der Waals surface area (Å²) in [7, 11) is 5.24. The number of ketones is 1. The monoisotopic (exact) mass is 198 g/mol. The minimum atomic E-state index is -4.47. The molecule has 0 aliphatic rings. The molecule has 0 unspecified atom stereocenters. The molecule has 0 aliphatic heterocycles. The molecule has 0 amide bonds. The van der Waals surface area contributed by atoms with Crippen molar-refractivity contribution >= 4 is 19.1 Å². The van der Waals surface area contributed by atoms with Gasteiger partial charge in [0.2, 0.25) is 0 Å². The minimum Gasteiger partial charge on any atom is -0.295 e. The minimum absolute atomic E-state index is 0.0303. The number of alkyl halides is 3. The summed E-state index contributed by atoms with van der Waals surface area (Å²) in [5, 5.41) is 0. The molecule has 14 heavy (non-hydrogen) atoms. The lowest BCUT2D eigenvalue weighted by Gasteiger charge is -2.09. The fourth-order valence-electron chi connectivity index (χ4n) is 1.02. The standard InChI is InChI=1S/C9H6BF3O/c1-5(14)6-2-7(9(11,12)13)4-8(10)3-6/h2-4H,1H3. The highest BCUT2D eigenvalue weighted by Gasteiger charge is 2.30. The van der Waals surface area contributed by atoms with Gasteiger partial charge >= 0.3 is 6.18 Å². The van der Waals surface area contributed by atoms with Crippen LogP contribution in [0.2, 0.25) is 0 Å². The van der Waals surface area contributed by atoms with Crippen LogP contribution < -0.4 is 5.46 Å². The molecule has 0 saturated heterocycles. The Balaban J connectivity index is 3.28. The molecule has 0 fully saturated rings.